The largest absolute Gasteiger partial charge is 0.364 e. The molecule has 0 aliphatic carbocycles. The van der Waals surface area contributed by atoms with E-state index in [4.69, 9.17) is 4.74 Å². The standard InChI is InChI=1S/C22H27FN2O2/c1-17(20-9-6-10-21(23)15-20)24-11-13-25(14-12-24)22(26)18(2)27-16-19-7-4-3-5-8-19/h3-10,15,17-18H,11-14,16H2,1-2H3/t17-,18+/m1/s1. The molecular weight excluding hydrogens is 343 g/mol. The predicted octanol–water partition coefficient (Wildman–Crippen LogP) is 3.64. The summed E-state index contributed by atoms with van der Waals surface area (Å²) in [5, 5.41) is 0. The number of rotatable bonds is 6. The van der Waals surface area contributed by atoms with Crippen LogP contribution >= 0.6 is 0 Å². The highest BCUT2D eigenvalue weighted by atomic mass is 19.1. The Morgan fingerprint density at radius 1 is 1.04 bits per heavy atom. The van der Waals surface area contributed by atoms with E-state index in [1.165, 1.54) is 6.07 Å². The second kappa shape index (κ2) is 9.11. The number of benzene rings is 2. The lowest BCUT2D eigenvalue weighted by molar-refractivity contribution is -0.145. The Balaban J connectivity index is 1.48. The quantitative estimate of drug-likeness (QED) is 0.778. The fraction of sp³-hybridized carbons (Fsp3) is 0.409. The van der Waals surface area contributed by atoms with E-state index in [0.29, 0.717) is 19.7 Å². The molecule has 1 saturated heterocycles. The van der Waals surface area contributed by atoms with E-state index in [9.17, 15) is 9.18 Å². The van der Waals surface area contributed by atoms with Gasteiger partial charge in [-0.1, -0.05) is 42.5 Å². The average Bonchev–Trinajstić information content (AvgIpc) is 2.72. The van der Waals surface area contributed by atoms with Crippen molar-refractivity contribution in [3.05, 3.63) is 71.5 Å². The Kier molecular flexibility index (Phi) is 6.58. The highest BCUT2D eigenvalue weighted by Crippen LogP contribution is 2.22. The van der Waals surface area contributed by atoms with E-state index < -0.39 is 6.10 Å². The SMILES string of the molecule is C[C@H](OCc1ccccc1)C(=O)N1CCN([C@H](C)c2cccc(F)c2)CC1. The van der Waals surface area contributed by atoms with Gasteiger partial charge in [-0.2, -0.15) is 0 Å². The zero-order valence-electron chi connectivity index (χ0n) is 16.0. The number of piperazine rings is 1. The van der Waals surface area contributed by atoms with Crippen LogP contribution in [0.3, 0.4) is 0 Å². The lowest BCUT2D eigenvalue weighted by Crippen LogP contribution is -2.51. The van der Waals surface area contributed by atoms with Crippen LogP contribution in [0.25, 0.3) is 0 Å². The monoisotopic (exact) mass is 370 g/mol. The first-order valence-corrected chi connectivity index (χ1v) is 9.48. The topological polar surface area (TPSA) is 32.8 Å². The summed E-state index contributed by atoms with van der Waals surface area (Å²) >= 11 is 0. The molecule has 2 atom stereocenters. The van der Waals surface area contributed by atoms with Crippen LogP contribution in [0, 0.1) is 5.82 Å². The zero-order chi connectivity index (χ0) is 19.2. The highest BCUT2D eigenvalue weighted by molar-refractivity contribution is 5.80. The molecule has 2 aromatic carbocycles. The molecule has 3 rings (SSSR count). The molecule has 0 radical (unpaired) electrons. The number of halogens is 1. The van der Waals surface area contributed by atoms with Crippen molar-refractivity contribution in [2.24, 2.45) is 0 Å². The van der Waals surface area contributed by atoms with E-state index >= 15 is 0 Å². The molecule has 1 aliphatic rings. The van der Waals surface area contributed by atoms with Crippen LogP contribution in [0.1, 0.15) is 31.0 Å². The van der Waals surface area contributed by atoms with Crippen molar-refractivity contribution in [3.63, 3.8) is 0 Å². The number of carbonyl (C=O) groups excluding carboxylic acids is 1. The van der Waals surface area contributed by atoms with Crippen molar-refractivity contribution in [3.8, 4) is 0 Å². The Labute approximate surface area is 160 Å². The van der Waals surface area contributed by atoms with E-state index in [1.807, 2.05) is 48.2 Å². The fourth-order valence-electron chi connectivity index (χ4n) is 3.43. The first-order valence-electron chi connectivity index (χ1n) is 9.48. The van der Waals surface area contributed by atoms with Crippen molar-refractivity contribution in [2.75, 3.05) is 26.2 Å². The van der Waals surface area contributed by atoms with Gasteiger partial charge >= 0.3 is 0 Å². The van der Waals surface area contributed by atoms with Gasteiger partial charge in [-0.3, -0.25) is 9.69 Å². The molecule has 5 heteroatoms. The molecular formula is C22H27FN2O2. The molecule has 144 valence electrons. The van der Waals surface area contributed by atoms with Gasteiger partial charge in [-0.15, -0.1) is 0 Å². The molecule has 0 bridgehead atoms. The maximum atomic E-state index is 13.5. The van der Waals surface area contributed by atoms with Gasteiger partial charge in [0.05, 0.1) is 6.61 Å². The predicted molar refractivity (Wildman–Crippen MR) is 104 cm³/mol. The molecule has 0 aromatic heterocycles. The summed E-state index contributed by atoms with van der Waals surface area (Å²) in [7, 11) is 0. The molecule has 0 spiro atoms. The fourth-order valence-corrected chi connectivity index (χ4v) is 3.43. The van der Waals surface area contributed by atoms with Gasteiger partial charge in [0.1, 0.15) is 11.9 Å². The molecule has 0 N–H and O–H groups in total. The maximum absolute atomic E-state index is 13.5. The van der Waals surface area contributed by atoms with Gasteiger partial charge < -0.3 is 9.64 Å². The summed E-state index contributed by atoms with van der Waals surface area (Å²) in [6.45, 7) is 7.20. The molecule has 4 nitrogen and oxygen atoms in total. The summed E-state index contributed by atoms with van der Waals surface area (Å²) in [5.74, 6) is -0.179. The van der Waals surface area contributed by atoms with Crippen LogP contribution < -0.4 is 0 Å². The lowest BCUT2D eigenvalue weighted by atomic mass is 10.1. The third kappa shape index (κ3) is 5.15. The molecule has 1 heterocycles. The minimum absolute atomic E-state index is 0.0315. The van der Waals surface area contributed by atoms with Gasteiger partial charge in [-0.25, -0.2) is 4.39 Å². The van der Waals surface area contributed by atoms with Crippen LogP contribution in [0.5, 0.6) is 0 Å². The first kappa shape index (κ1) is 19.5. The highest BCUT2D eigenvalue weighted by Gasteiger charge is 2.27. The number of nitrogens with zero attached hydrogens (tertiary/aromatic N) is 2. The summed E-state index contributed by atoms with van der Waals surface area (Å²) in [4.78, 5) is 16.8. The third-order valence-electron chi connectivity index (χ3n) is 5.20. The van der Waals surface area contributed by atoms with Crippen LogP contribution in [0.2, 0.25) is 0 Å². The molecule has 2 aromatic rings. The zero-order valence-corrected chi connectivity index (χ0v) is 16.0. The van der Waals surface area contributed by atoms with Crippen LogP contribution in [-0.2, 0) is 16.1 Å². The van der Waals surface area contributed by atoms with Gasteiger partial charge in [0.15, 0.2) is 0 Å². The molecule has 1 fully saturated rings. The number of hydrogen-bond acceptors (Lipinski definition) is 3. The van der Waals surface area contributed by atoms with Crippen molar-refractivity contribution in [2.45, 2.75) is 32.6 Å². The van der Waals surface area contributed by atoms with Crippen molar-refractivity contribution in [1.82, 2.24) is 9.80 Å². The second-order valence-electron chi connectivity index (χ2n) is 7.03. The normalized spacial score (nSPS) is 17.5. The lowest BCUT2D eigenvalue weighted by Gasteiger charge is -2.39. The summed E-state index contributed by atoms with van der Waals surface area (Å²) < 4.78 is 19.2. The summed E-state index contributed by atoms with van der Waals surface area (Å²) in [5.41, 5.74) is 2.03. The number of amides is 1. The van der Waals surface area contributed by atoms with Crippen molar-refractivity contribution >= 4 is 5.91 Å². The molecule has 27 heavy (non-hydrogen) atoms. The third-order valence-corrected chi connectivity index (χ3v) is 5.20. The van der Waals surface area contributed by atoms with E-state index in [1.54, 1.807) is 12.1 Å². The minimum Gasteiger partial charge on any atom is -0.364 e. The smallest absolute Gasteiger partial charge is 0.251 e. The Hall–Kier alpha value is -2.24. The van der Waals surface area contributed by atoms with Crippen LogP contribution in [-0.4, -0.2) is 48.0 Å². The number of carbonyl (C=O) groups is 1. The number of hydrogen-bond donors (Lipinski definition) is 0. The van der Waals surface area contributed by atoms with Crippen LogP contribution in [0.15, 0.2) is 54.6 Å². The van der Waals surface area contributed by atoms with Gasteiger partial charge in [-0.05, 0) is 37.1 Å². The van der Waals surface area contributed by atoms with Crippen LogP contribution in [0.4, 0.5) is 4.39 Å². The number of ether oxygens (including phenoxy) is 1. The second-order valence-corrected chi connectivity index (χ2v) is 7.03. The Morgan fingerprint density at radius 2 is 1.74 bits per heavy atom. The molecule has 1 aliphatic heterocycles. The summed E-state index contributed by atoms with van der Waals surface area (Å²) in [6, 6.07) is 16.7. The van der Waals surface area contributed by atoms with E-state index in [0.717, 1.165) is 24.2 Å². The minimum atomic E-state index is -0.461. The molecule has 0 unspecified atom stereocenters. The average molecular weight is 370 g/mol. The van der Waals surface area contributed by atoms with E-state index in [2.05, 4.69) is 11.8 Å². The molecule has 0 saturated carbocycles. The molecule has 1 amide bonds. The van der Waals surface area contributed by atoms with E-state index in [-0.39, 0.29) is 17.8 Å². The maximum Gasteiger partial charge on any atom is 0.251 e. The first-order chi connectivity index (χ1) is 13.0. The van der Waals surface area contributed by atoms with Crippen molar-refractivity contribution < 1.29 is 13.9 Å². The van der Waals surface area contributed by atoms with Gasteiger partial charge in [0, 0.05) is 32.2 Å². The van der Waals surface area contributed by atoms with Gasteiger partial charge in [0.2, 0.25) is 0 Å². The Morgan fingerprint density at radius 3 is 2.41 bits per heavy atom. The van der Waals surface area contributed by atoms with Crippen molar-refractivity contribution in [1.29, 1.82) is 0 Å². The summed E-state index contributed by atoms with van der Waals surface area (Å²) in [6.07, 6.45) is -0.461. The van der Waals surface area contributed by atoms with Gasteiger partial charge in [0.25, 0.3) is 5.91 Å². The Bertz CT molecular complexity index is 745.